The Morgan fingerprint density at radius 1 is 1.39 bits per heavy atom. The van der Waals surface area contributed by atoms with Crippen LogP contribution in [0, 0.1) is 11.6 Å². The minimum Gasteiger partial charge on any atom is -0.506 e. The molecule has 8 heteroatoms. The van der Waals surface area contributed by atoms with Gasteiger partial charge in [-0.15, -0.1) is 0 Å². The third-order valence-electron chi connectivity index (χ3n) is 2.21. The summed E-state index contributed by atoms with van der Waals surface area (Å²) >= 11 is 2.85. The van der Waals surface area contributed by atoms with Crippen LogP contribution in [0.2, 0.25) is 0 Å². The first-order chi connectivity index (χ1) is 8.41. The number of aromatic hydroxyl groups is 1. The van der Waals surface area contributed by atoms with Crippen LogP contribution in [0.25, 0.3) is 11.3 Å². The molecule has 0 aliphatic heterocycles. The number of phenolic OH excluding ortho intramolecular Hbond substituents is 1. The van der Waals surface area contributed by atoms with Crippen LogP contribution in [0.1, 0.15) is 10.5 Å². The molecule has 0 saturated heterocycles. The van der Waals surface area contributed by atoms with Gasteiger partial charge in [-0.3, -0.25) is 5.10 Å². The predicted octanol–water partition coefficient (Wildman–Crippen LogP) is 2.52. The van der Waals surface area contributed by atoms with Gasteiger partial charge in [-0.1, -0.05) is 0 Å². The Labute approximate surface area is 107 Å². The minimum atomic E-state index is -1.31. The zero-order valence-electron chi connectivity index (χ0n) is 8.54. The van der Waals surface area contributed by atoms with E-state index in [1.54, 1.807) is 0 Å². The summed E-state index contributed by atoms with van der Waals surface area (Å²) in [6.07, 6.45) is 0. The maximum absolute atomic E-state index is 13.6. The number of hydrogen-bond acceptors (Lipinski definition) is 3. The highest BCUT2D eigenvalue weighted by Crippen LogP contribution is 2.38. The number of hydrogen-bond donors (Lipinski definition) is 3. The number of phenols is 1. The molecule has 3 N–H and O–H groups in total. The van der Waals surface area contributed by atoms with E-state index in [9.17, 15) is 18.7 Å². The summed E-state index contributed by atoms with van der Waals surface area (Å²) in [5, 5.41) is 24.0. The van der Waals surface area contributed by atoms with Crippen LogP contribution in [-0.2, 0) is 0 Å². The first-order valence-electron chi connectivity index (χ1n) is 4.57. The summed E-state index contributed by atoms with van der Waals surface area (Å²) in [6.45, 7) is 0. The number of carboxylic acids is 1. The maximum atomic E-state index is 13.6. The highest BCUT2D eigenvalue weighted by Gasteiger charge is 2.21. The highest BCUT2D eigenvalue weighted by atomic mass is 79.9. The molecule has 0 aliphatic rings. The third-order valence-corrected chi connectivity index (χ3v) is 2.81. The number of rotatable bonds is 2. The SMILES string of the molecule is O=C(O)c1cc(-c2c(O)c(Br)cc(F)c2F)n[nH]1. The molecule has 1 aromatic heterocycles. The summed E-state index contributed by atoms with van der Waals surface area (Å²) in [6, 6.07) is 1.76. The van der Waals surface area contributed by atoms with E-state index in [1.165, 1.54) is 0 Å². The molecule has 1 heterocycles. The summed E-state index contributed by atoms with van der Waals surface area (Å²) in [5.41, 5.74) is -1.02. The van der Waals surface area contributed by atoms with Gasteiger partial charge >= 0.3 is 5.97 Å². The van der Waals surface area contributed by atoms with E-state index in [0.29, 0.717) is 0 Å². The lowest BCUT2D eigenvalue weighted by Gasteiger charge is -2.05. The smallest absolute Gasteiger partial charge is 0.353 e. The number of nitrogens with one attached hydrogen (secondary N) is 1. The summed E-state index contributed by atoms with van der Waals surface area (Å²) in [4.78, 5) is 10.6. The van der Waals surface area contributed by atoms with Crippen LogP contribution in [0.4, 0.5) is 8.78 Å². The molecule has 0 saturated carbocycles. The van der Waals surface area contributed by atoms with Crippen molar-refractivity contribution in [3.05, 3.63) is 33.9 Å². The number of aromatic amines is 1. The largest absolute Gasteiger partial charge is 0.506 e. The Morgan fingerprint density at radius 3 is 2.61 bits per heavy atom. The second-order valence-electron chi connectivity index (χ2n) is 3.35. The van der Waals surface area contributed by atoms with Crippen LogP contribution in [0.5, 0.6) is 5.75 Å². The molecule has 5 nitrogen and oxygen atoms in total. The Hall–Kier alpha value is -1.96. The van der Waals surface area contributed by atoms with Crippen molar-refractivity contribution in [2.75, 3.05) is 0 Å². The van der Waals surface area contributed by atoms with Gasteiger partial charge in [-0.25, -0.2) is 13.6 Å². The summed E-state index contributed by atoms with van der Waals surface area (Å²) in [7, 11) is 0. The van der Waals surface area contributed by atoms with Gasteiger partial charge in [0.2, 0.25) is 0 Å². The predicted molar refractivity (Wildman–Crippen MR) is 60.3 cm³/mol. The maximum Gasteiger partial charge on any atom is 0.353 e. The van der Waals surface area contributed by atoms with Crippen LogP contribution in [0.3, 0.4) is 0 Å². The molecule has 2 rings (SSSR count). The standard InChI is InChI=1S/C10H5BrF2N2O3/c11-3-1-4(12)8(13)7(9(3)16)5-2-6(10(17)18)15-14-5/h1-2,16H,(H,14,15)(H,17,18). The molecule has 0 atom stereocenters. The molecular formula is C10H5BrF2N2O3. The molecule has 0 fully saturated rings. The molecule has 18 heavy (non-hydrogen) atoms. The van der Waals surface area contributed by atoms with E-state index >= 15 is 0 Å². The first-order valence-corrected chi connectivity index (χ1v) is 5.36. The quantitative estimate of drug-likeness (QED) is 0.743. The molecule has 0 bridgehead atoms. The lowest BCUT2D eigenvalue weighted by molar-refractivity contribution is 0.0690. The van der Waals surface area contributed by atoms with E-state index in [1.807, 2.05) is 0 Å². The molecule has 94 valence electrons. The normalized spacial score (nSPS) is 10.6. The average Bonchev–Trinajstić information content (AvgIpc) is 2.76. The van der Waals surface area contributed by atoms with E-state index in [2.05, 4.69) is 26.1 Å². The molecule has 0 aliphatic carbocycles. The number of carbonyl (C=O) groups is 1. The molecule has 0 spiro atoms. The van der Waals surface area contributed by atoms with Gasteiger partial charge in [0.1, 0.15) is 11.4 Å². The van der Waals surface area contributed by atoms with E-state index < -0.39 is 28.9 Å². The lowest BCUT2D eigenvalue weighted by Crippen LogP contribution is -1.95. The van der Waals surface area contributed by atoms with Crippen molar-refractivity contribution < 1.29 is 23.8 Å². The van der Waals surface area contributed by atoms with Crippen molar-refractivity contribution in [1.29, 1.82) is 0 Å². The molecule has 1 aromatic carbocycles. The van der Waals surface area contributed by atoms with E-state index in [0.717, 1.165) is 12.1 Å². The third kappa shape index (κ3) is 1.94. The number of benzene rings is 1. The Balaban J connectivity index is 2.66. The monoisotopic (exact) mass is 318 g/mol. The molecule has 0 unspecified atom stereocenters. The first kappa shape index (κ1) is 12.5. The zero-order chi connectivity index (χ0) is 13.4. The number of nitrogens with zero attached hydrogens (tertiary/aromatic N) is 1. The van der Waals surface area contributed by atoms with E-state index in [4.69, 9.17) is 5.11 Å². The number of aromatic carboxylic acids is 1. The fourth-order valence-electron chi connectivity index (χ4n) is 1.38. The van der Waals surface area contributed by atoms with E-state index in [-0.39, 0.29) is 15.9 Å². The van der Waals surface area contributed by atoms with Crippen LogP contribution in [-0.4, -0.2) is 26.4 Å². The molecular weight excluding hydrogens is 314 g/mol. The highest BCUT2D eigenvalue weighted by molar-refractivity contribution is 9.10. The van der Waals surface area contributed by atoms with Crippen molar-refractivity contribution >= 4 is 21.9 Å². The number of carboxylic acid groups (broad SMARTS) is 1. The molecule has 0 radical (unpaired) electrons. The van der Waals surface area contributed by atoms with Crippen LogP contribution < -0.4 is 0 Å². The fraction of sp³-hybridized carbons (Fsp3) is 0. The number of aromatic nitrogens is 2. The second kappa shape index (κ2) is 4.37. The summed E-state index contributed by atoms with van der Waals surface area (Å²) in [5.74, 6) is -4.35. The fourth-order valence-corrected chi connectivity index (χ4v) is 1.78. The van der Waals surface area contributed by atoms with Crippen molar-refractivity contribution in [2.24, 2.45) is 0 Å². The van der Waals surface area contributed by atoms with Gasteiger partial charge in [-0.2, -0.15) is 5.10 Å². The van der Waals surface area contributed by atoms with Gasteiger partial charge < -0.3 is 10.2 Å². The number of halogens is 3. The number of H-pyrrole nitrogens is 1. The van der Waals surface area contributed by atoms with Gasteiger partial charge in [0.15, 0.2) is 11.6 Å². The van der Waals surface area contributed by atoms with Gasteiger partial charge in [-0.05, 0) is 28.1 Å². The Bertz CT molecular complexity index is 616. The van der Waals surface area contributed by atoms with Gasteiger partial charge in [0.25, 0.3) is 0 Å². The van der Waals surface area contributed by atoms with Crippen molar-refractivity contribution in [3.8, 4) is 17.0 Å². The lowest BCUT2D eigenvalue weighted by atomic mass is 10.1. The summed E-state index contributed by atoms with van der Waals surface area (Å²) < 4.78 is 26.7. The van der Waals surface area contributed by atoms with Crippen LogP contribution >= 0.6 is 15.9 Å². The topological polar surface area (TPSA) is 86.2 Å². The van der Waals surface area contributed by atoms with Crippen molar-refractivity contribution in [3.63, 3.8) is 0 Å². The Kier molecular flexibility index (Phi) is 3.04. The second-order valence-corrected chi connectivity index (χ2v) is 4.20. The zero-order valence-corrected chi connectivity index (χ0v) is 10.1. The molecule has 2 aromatic rings. The minimum absolute atomic E-state index is 0.0590. The van der Waals surface area contributed by atoms with Gasteiger partial charge in [0.05, 0.1) is 15.7 Å². The Morgan fingerprint density at radius 2 is 2.06 bits per heavy atom. The molecule has 0 amide bonds. The average molecular weight is 319 g/mol. The van der Waals surface area contributed by atoms with Gasteiger partial charge in [0, 0.05) is 0 Å². The van der Waals surface area contributed by atoms with Crippen molar-refractivity contribution in [2.45, 2.75) is 0 Å². The van der Waals surface area contributed by atoms with Crippen LogP contribution in [0.15, 0.2) is 16.6 Å². The van der Waals surface area contributed by atoms with Crippen molar-refractivity contribution in [1.82, 2.24) is 10.2 Å².